The van der Waals surface area contributed by atoms with Crippen molar-refractivity contribution >= 4 is 25.4 Å². The lowest BCUT2D eigenvalue weighted by Gasteiger charge is -2.12. The maximum Gasteiger partial charge on any atom is 0.451 e. The van der Waals surface area contributed by atoms with Gasteiger partial charge in [0.05, 0.1) is 6.04 Å². The predicted molar refractivity (Wildman–Crippen MR) is 99.0 cm³/mol. The molecule has 1 unspecified atom stereocenters. The number of carbonyl (C=O) groups is 1. The van der Waals surface area contributed by atoms with Crippen LogP contribution in [0.4, 0.5) is 13.2 Å². The van der Waals surface area contributed by atoms with Gasteiger partial charge in [0.25, 0.3) is 0 Å². The van der Waals surface area contributed by atoms with Crippen molar-refractivity contribution in [2.24, 2.45) is 5.73 Å². The third kappa shape index (κ3) is 7.61. The Bertz CT molecular complexity index is 790. The van der Waals surface area contributed by atoms with Gasteiger partial charge in [0.2, 0.25) is 5.91 Å². The van der Waals surface area contributed by atoms with Gasteiger partial charge in [0, 0.05) is 6.54 Å². The van der Waals surface area contributed by atoms with Crippen molar-refractivity contribution in [1.82, 2.24) is 25.5 Å². The number of unbranched alkanes of at least 4 members (excludes halogenated alkanes) is 1. The van der Waals surface area contributed by atoms with Gasteiger partial charge in [-0.2, -0.15) is 0 Å². The second-order valence-corrected chi connectivity index (χ2v) is 6.22. The fourth-order valence-electron chi connectivity index (χ4n) is 2.51. The Morgan fingerprint density at radius 3 is 2.52 bits per heavy atom. The third-order valence-corrected chi connectivity index (χ3v) is 3.95. The number of benzene rings is 1. The van der Waals surface area contributed by atoms with Crippen LogP contribution >= 0.6 is 12.4 Å². The van der Waals surface area contributed by atoms with Crippen molar-refractivity contribution < 1.29 is 28.0 Å². The summed E-state index contributed by atoms with van der Waals surface area (Å²) in [6.45, 7) is -0.475. The number of hydrogen-bond acceptors (Lipinski definition) is 7. The number of hydrogen-bond donors (Lipinski definition) is 4. The molecule has 0 aliphatic carbocycles. The highest BCUT2D eigenvalue weighted by atomic mass is 35.5. The fraction of sp³-hybridized carbons (Fsp3) is 0.467. The summed E-state index contributed by atoms with van der Waals surface area (Å²) < 4.78 is 40.5. The highest BCUT2D eigenvalue weighted by Crippen LogP contribution is 2.15. The van der Waals surface area contributed by atoms with Crippen LogP contribution in [0.25, 0.3) is 0 Å². The first-order valence-electron chi connectivity index (χ1n) is 8.55. The van der Waals surface area contributed by atoms with E-state index in [1.165, 1.54) is 4.68 Å². The van der Waals surface area contributed by atoms with Crippen molar-refractivity contribution in [3.63, 3.8) is 0 Å². The standard InChI is InChI=1S/C15H20BF3N6O3.ClH/c17-10-5-9(6-11(18)14(10)19)7-21-13(26)8-25-15(22-23-24-25)12(20)3-1-2-4-16(27)28;/h5-6,12,27-28H,1-4,7-8,20H2,(H,21,26);1H. The molecule has 0 aliphatic heterocycles. The van der Waals surface area contributed by atoms with E-state index in [1.54, 1.807) is 0 Å². The summed E-state index contributed by atoms with van der Waals surface area (Å²) in [5, 5.41) is 31.0. The van der Waals surface area contributed by atoms with Crippen LogP contribution in [0.2, 0.25) is 6.32 Å². The van der Waals surface area contributed by atoms with Gasteiger partial charge in [-0.15, -0.1) is 17.5 Å². The topological polar surface area (TPSA) is 139 Å². The molecular formula is C15H21BClF3N6O3. The van der Waals surface area contributed by atoms with Crippen LogP contribution in [-0.2, 0) is 17.9 Å². The Balaban J connectivity index is 0.00000420. The average Bonchev–Trinajstić information content (AvgIpc) is 3.09. The Hall–Kier alpha value is -2.22. The molecule has 2 rings (SSSR count). The smallest absolute Gasteiger partial charge is 0.427 e. The van der Waals surface area contributed by atoms with E-state index in [2.05, 4.69) is 20.8 Å². The maximum absolute atomic E-state index is 13.2. The van der Waals surface area contributed by atoms with Gasteiger partial charge in [0.1, 0.15) is 6.54 Å². The van der Waals surface area contributed by atoms with Gasteiger partial charge in [-0.25, -0.2) is 17.9 Å². The number of tetrazole rings is 1. The minimum absolute atomic E-state index is 0. The molecule has 1 aromatic carbocycles. The number of nitrogens with zero attached hydrogens (tertiary/aromatic N) is 4. The van der Waals surface area contributed by atoms with Gasteiger partial charge in [-0.1, -0.05) is 12.8 Å². The van der Waals surface area contributed by atoms with Crippen LogP contribution in [0.3, 0.4) is 0 Å². The van der Waals surface area contributed by atoms with Crippen LogP contribution < -0.4 is 11.1 Å². The largest absolute Gasteiger partial charge is 0.451 e. The summed E-state index contributed by atoms with van der Waals surface area (Å²) in [5.41, 5.74) is 6.07. The second-order valence-electron chi connectivity index (χ2n) is 6.22. The molecule has 0 radical (unpaired) electrons. The summed E-state index contributed by atoms with van der Waals surface area (Å²) in [6, 6.07) is 1.03. The third-order valence-electron chi connectivity index (χ3n) is 3.95. The zero-order valence-electron chi connectivity index (χ0n) is 15.3. The van der Waals surface area contributed by atoms with E-state index >= 15 is 0 Å². The number of halogens is 4. The van der Waals surface area contributed by atoms with Gasteiger partial charge in [0.15, 0.2) is 23.3 Å². The van der Waals surface area contributed by atoms with Crippen LogP contribution in [0.1, 0.15) is 36.7 Å². The zero-order chi connectivity index (χ0) is 20.7. The summed E-state index contributed by atoms with van der Waals surface area (Å²) in [7, 11) is -1.37. The minimum atomic E-state index is -1.57. The number of carbonyl (C=O) groups excluding carboxylic acids is 1. The molecule has 1 amide bonds. The molecule has 2 aromatic rings. The lowest BCUT2D eigenvalue weighted by atomic mass is 9.83. The SMILES string of the molecule is Cl.NC(CCCCB(O)O)c1nnnn1CC(=O)NCc1cc(F)c(F)c(F)c1. The van der Waals surface area contributed by atoms with Gasteiger partial charge in [-0.3, -0.25) is 4.79 Å². The van der Waals surface area contributed by atoms with Gasteiger partial charge < -0.3 is 21.1 Å². The molecule has 1 aromatic heterocycles. The number of rotatable bonds is 10. The van der Waals surface area contributed by atoms with Crippen molar-refractivity contribution in [2.75, 3.05) is 0 Å². The minimum Gasteiger partial charge on any atom is -0.427 e. The molecule has 160 valence electrons. The zero-order valence-corrected chi connectivity index (χ0v) is 16.1. The highest BCUT2D eigenvalue weighted by Gasteiger charge is 2.18. The normalized spacial score (nSPS) is 11.7. The monoisotopic (exact) mass is 436 g/mol. The van der Waals surface area contributed by atoms with Gasteiger partial charge >= 0.3 is 7.12 Å². The summed E-state index contributed by atoms with van der Waals surface area (Å²) in [5.74, 6) is -4.51. The molecule has 0 saturated carbocycles. The summed E-state index contributed by atoms with van der Waals surface area (Å²) in [4.78, 5) is 12.0. The molecule has 0 aliphatic rings. The average molecular weight is 437 g/mol. The van der Waals surface area contributed by atoms with Gasteiger partial charge in [-0.05, 0) is 40.9 Å². The first-order chi connectivity index (χ1) is 13.3. The van der Waals surface area contributed by atoms with E-state index in [0.717, 1.165) is 12.1 Å². The van der Waals surface area contributed by atoms with E-state index in [1.807, 2.05) is 0 Å². The number of aromatic nitrogens is 4. The van der Waals surface area contributed by atoms with E-state index in [0.29, 0.717) is 19.3 Å². The first-order valence-corrected chi connectivity index (χ1v) is 8.55. The maximum atomic E-state index is 13.2. The molecular weight excluding hydrogens is 415 g/mol. The molecule has 9 nitrogen and oxygen atoms in total. The summed E-state index contributed by atoms with van der Waals surface area (Å²) in [6.07, 6.45) is 1.87. The second kappa shape index (κ2) is 11.7. The molecule has 1 atom stereocenters. The molecule has 5 N–H and O–H groups in total. The number of nitrogens with two attached hydrogens (primary N) is 1. The van der Waals surface area contributed by atoms with Crippen LogP contribution in [-0.4, -0.2) is 43.3 Å². The Labute approximate surface area is 171 Å². The van der Waals surface area contributed by atoms with Crippen LogP contribution in [0, 0.1) is 17.5 Å². The lowest BCUT2D eigenvalue weighted by molar-refractivity contribution is -0.122. The van der Waals surface area contributed by atoms with E-state index in [9.17, 15) is 18.0 Å². The Morgan fingerprint density at radius 2 is 1.90 bits per heavy atom. The number of nitrogens with one attached hydrogen (secondary N) is 1. The molecule has 0 bridgehead atoms. The first kappa shape index (κ1) is 24.8. The quantitative estimate of drug-likeness (QED) is 0.241. The lowest BCUT2D eigenvalue weighted by Crippen LogP contribution is -2.29. The molecule has 0 spiro atoms. The Kier molecular flexibility index (Phi) is 10.0. The highest BCUT2D eigenvalue weighted by molar-refractivity contribution is 6.40. The van der Waals surface area contributed by atoms with Crippen LogP contribution in [0.5, 0.6) is 0 Å². The van der Waals surface area contributed by atoms with E-state index in [-0.39, 0.29) is 43.2 Å². The molecule has 29 heavy (non-hydrogen) atoms. The molecule has 1 heterocycles. The molecule has 0 saturated heterocycles. The van der Waals surface area contributed by atoms with Crippen LogP contribution in [0.15, 0.2) is 12.1 Å². The van der Waals surface area contributed by atoms with Crippen molar-refractivity contribution in [3.8, 4) is 0 Å². The Morgan fingerprint density at radius 1 is 1.24 bits per heavy atom. The fourth-order valence-corrected chi connectivity index (χ4v) is 2.51. The van der Waals surface area contributed by atoms with E-state index < -0.39 is 36.5 Å². The summed E-state index contributed by atoms with van der Waals surface area (Å²) >= 11 is 0. The molecule has 14 heteroatoms. The number of amides is 1. The molecule has 0 fully saturated rings. The van der Waals surface area contributed by atoms with E-state index in [4.69, 9.17) is 15.8 Å². The van der Waals surface area contributed by atoms with Crippen molar-refractivity contribution in [1.29, 1.82) is 0 Å². The predicted octanol–water partition coefficient (Wildman–Crippen LogP) is 0.471. The van der Waals surface area contributed by atoms with Crippen molar-refractivity contribution in [3.05, 3.63) is 41.0 Å². The van der Waals surface area contributed by atoms with Crippen molar-refractivity contribution in [2.45, 2.75) is 44.7 Å².